The summed E-state index contributed by atoms with van der Waals surface area (Å²) in [5.74, 6) is -0.130. The van der Waals surface area contributed by atoms with Gasteiger partial charge in [0.2, 0.25) is 5.84 Å². The number of esters is 1. The number of carbonyl (C=O) groups excluding carboxylic acids is 1. The fourth-order valence-corrected chi connectivity index (χ4v) is 3.38. The minimum Gasteiger partial charge on any atom is -0.460 e. The number of hydrogen-bond donors (Lipinski definition) is 2. The van der Waals surface area contributed by atoms with E-state index in [9.17, 15) is 4.79 Å². The molecule has 3 rings (SSSR count). The lowest BCUT2D eigenvalue weighted by atomic mass is 10.2. The van der Waals surface area contributed by atoms with Crippen molar-refractivity contribution in [1.82, 2.24) is 4.90 Å². The Bertz CT molecular complexity index is 805. The molecule has 1 heterocycles. The van der Waals surface area contributed by atoms with Gasteiger partial charge in [0.1, 0.15) is 6.54 Å². The first-order chi connectivity index (χ1) is 13.7. The van der Waals surface area contributed by atoms with Crippen molar-refractivity contribution in [2.45, 2.75) is 13.5 Å². The number of carbonyl (C=O) groups is 1. The largest absolute Gasteiger partial charge is 0.460 e. The SMILES string of the molecule is CCOC(=O)/C(=N/Nc1ccccc1Cl)N1CC[NH+](Cc2ccccc2)CC1. The molecule has 0 saturated carbocycles. The number of quaternary nitrogens is 1. The van der Waals surface area contributed by atoms with Crippen LogP contribution >= 0.6 is 11.6 Å². The first-order valence-corrected chi connectivity index (χ1v) is 9.93. The summed E-state index contributed by atoms with van der Waals surface area (Å²) >= 11 is 6.17. The summed E-state index contributed by atoms with van der Waals surface area (Å²) in [7, 11) is 0. The van der Waals surface area contributed by atoms with Gasteiger partial charge in [0.25, 0.3) is 0 Å². The van der Waals surface area contributed by atoms with Crippen LogP contribution in [0.3, 0.4) is 0 Å². The van der Waals surface area contributed by atoms with Crippen LogP contribution in [-0.2, 0) is 16.1 Å². The molecular weight excluding hydrogens is 376 g/mol. The van der Waals surface area contributed by atoms with Crippen LogP contribution in [0.5, 0.6) is 0 Å². The number of hydrazone groups is 1. The average Bonchev–Trinajstić information content (AvgIpc) is 2.71. The first kappa shape index (κ1) is 20.2. The van der Waals surface area contributed by atoms with Gasteiger partial charge in [0, 0.05) is 5.56 Å². The van der Waals surface area contributed by atoms with Gasteiger partial charge in [-0.15, -0.1) is 5.10 Å². The predicted octanol–water partition coefficient (Wildman–Crippen LogP) is 2.03. The molecule has 0 aromatic heterocycles. The number of nitrogens with one attached hydrogen (secondary N) is 2. The molecular formula is C21H26ClN4O2+. The van der Waals surface area contributed by atoms with Crippen molar-refractivity contribution in [3.05, 3.63) is 65.2 Å². The van der Waals surface area contributed by atoms with Crippen LogP contribution in [0.4, 0.5) is 5.69 Å². The molecule has 2 N–H and O–H groups in total. The minimum atomic E-state index is -0.423. The number of benzene rings is 2. The van der Waals surface area contributed by atoms with E-state index in [1.165, 1.54) is 10.5 Å². The molecule has 2 aromatic carbocycles. The zero-order valence-corrected chi connectivity index (χ0v) is 16.8. The lowest BCUT2D eigenvalue weighted by Gasteiger charge is -2.33. The van der Waals surface area contributed by atoms with Gasteiger partial charge in [-0.2, -0.15) is 0 Å². The second kappa shape index (κ2) is 10.1. The van der Waals surface area contributed by atoms with Gasteiger partial charge in [0.15, 0.2) is 0 Å². The van der Waals surface area contributed by atoms with Crippen LogP contribution in [0.1, 0.15) is 12.5 Å². The first-order valence-electron chi connectivity index (χ1n) is 9.55. The normalized spacial score (nSPS) is 15.4. The fraction of sp³-hybridized carbons (Fsp3) is 0.333. The van der Waals surface area contributed by atoms with Crippen LogP contribution in [0, 0.1) is 0 Å². The fourth-order valence-electron chi connectivity index (χ4n) is 3.20. The van der Waals surface area contributed by atoms with Gasteiger partial charge in [-0.05, 0) is 19.1 Å². The summed E-state index contributed by atoms with van der Waals surface area (Å²) in [5, 5.41) is 4.88. The molecule has 0 bridgehead atoms. The third-order valence-corrected chi connectivity index (χ3v) is 5.01. The second-order valence-electron chi connectivity index (χ2n) is 6.65. The van der Waals surface area contributed by atoms with Crippen molar-refractivity contribution in [2.24, 2.45) is 5.10 Å². The van der Waals surface area contributed by atoms with Crippen molar-refractivity contribution in [1.29, 1.82) is 0 Å². The topological polar surface area (TPSA) is 58.4 Å². The molecule has 1 aliphatic heterocycles. The Kier molecular flexibility index (Phi) is 7.28. The highest BCUT2D eigenvalue weighted by Gasteiger charge is 2.27. The van der Waals surface area contributed by atoms with Gasteiger partial charge in [-0.25, -0.2) is 4.79 Å². The summed E-state index contributed by atoms with van der Waals surface area (Å²) in [4.78, 5) is 15.9. The predicted molar refractivity (Wildman–Crippen MR) is 112 cm³/mol. The van der Waals surface area contributed by atoms with Crippen LogP contribution in [0.15, 0.2) is 59.7 Å². The Morgan fingerprint density at radius 2 is 1.82 bits per heavy atom. The van der Waals surface area contributed by atoms with Gasteiger partial charge in [0.05, 0.1) is 43.5 Å². The number of piperazine rings is 1. The Hall–Kier alpha value is -2.57. The molecule has 1 saturated heterocycles. The molecule has 28 heavy (non-hydrogen) atoms. The molecule has 2 aromatic rings. The monoisotopic (exact) mass is 401 g/mol. The maximum Gasteiger partial charge on any atom is 0.376 e. The number of para-hydroxylation sites is 1. The molecule has 7 heteroatoms. The van der Waals surface area contributed by atoms with E-state index in [1.807, 2.05) is 29.2 Å². The summed E-state index contributed by atoms with van der Waals surface area (Å²) in [6.45, 7) is 6.42. The number of anilines is 1. The highest BCUT2D eigenvalue weighted by Crippen LogP contribution is 2.20. The average molecular weight is 402 g/mol. The van der Waals surface area contributed by atoms with Crippen molar-refractivity contribution in [3.63, 3.8) is 0 Å². The van der Waals surface area contributed by atoms with E-state index in [0.29, 0.717) is 23.2 Å². The number of rotatable bonds is 5. The second-order valence-corrected chi connectivity index (χ2v) is 7.05. The molecule has 0 atom stereocenters. The lowest BCUT2D eigenvalue weighted by Crippen LogP contribution is -3.13. The minimum absolute atomic E-state index is 0.292. The van der Waals surface area contributed by atoms with E-state index in [2.05, 4.69) is 34.8 Å². The van der Waals surface area contributed by atoms with Crippen molar-refractivity contribution in [2.75, 3.05) is 38.2 Å². The number of nitrogens with zero attached hydrogens (tertiary/aromatic N) is 2. The van der Waals surface area contributed by atoms with E-state index >= 15 is 0 Å². The summed E-state index contributed by atoms with van der Waals surface area (Å²) in [5.41, 5.74) is 4.88. The third kappa shape index (κ3) is 5.47. The lowest BCUT2D eigenvalue weighted by molar-refractivity contribution is -0.917. The Morgan fingerprint density at radius 3 is 2.50 bits per heavy atom. The summed E-state index contributed by atoms with van der Waals surface area (Å²) in [6.07, 6.45) is 0. The molecule has 0 spiro atoms. The van der Waals surface area contributed by atoms with Gasteiger partial charge < -0.3 is 14.5 Å². The van der Waals surface area contributed by atoms with Crippen molar-refractivity contribution in [3.8, 4) is 0 Å². The zero-order chi connectivity index (χ0) is 19.8. The Morgan fingerprint density at radius 1 is 1.14 bits per heavy atom. The number of hydrogen-bond acceptors (Lipinski definition) is 4. The number of amidine groups is 1. The van der Waals surface area contributed by atoms with Crippen molar-refractivity contribution < 1.29 is 14.4 Å². The van der Waals surface area contributed by atoms with Crippen LogP contribution in [-0.4, -0.2) is 49.5 Å². The van der Waals surface area contributed by atoms with E-state index in [4.69, 9.17) is 16.3 Å². The highest BCUT2D eigenvalue weighted by molar-refractivity contribution is 6.35. The molecule has 6 nitrogen and oxygen atoms in total. The molecule has 0 amide bonds. The molecule has 0 unspecified atom stereocenters. The van der Waals surface area contributed by atoms with E-state index in [-0.39, 0.29) is 0 Å². The summed E-state index contributed by atoms with van der Waals surface area (Å²) < 4.78 is 5.21. The Labute approximate surface area is 170 Å². The number of ether oxygens (including phenoxy) is 1. The zero-order valence-electron chi connectivity index (χ0n) is 16.0. The van der Waals surface area contributed by atoms with Crippen molar-refractivity contribution >= 4 is 29.1 Å². The van der Waals surface area contributed by atoms with Crippen LogP contribution in [0.25, 0.3) is 0 Å². The van der Waals surface area contributed by atoms with Crippen LogP contribution in [0.2, 0.25) is 5.02 Å². The van der Waals surface area contributed by atoms with E-state index in [0.717, 1.165) is 32.7 Å². The Balaban J connectivity index is 1.65. The number of halogens is 1. The quantitative estimate of drug-likeness (QED) is 0.348. The molecule has 148 valence electrons. The molecule has 1 aliphatic rings. The van der Waals surface area contributed by atoms with Crippen LogP contribution < -0.4 is 10.3 Å². The standard InChI is InChI=1S/C21H25ClN4O2/c1-2-28-21(27)20(24-23-19-11-7-6-10-18(19)22)26-14-12-25(13-15-26)16-17-8-4-3-5-9-17/h3-11,23H,2,12-16H2,1H3/p+1/b24-20-. The van der Waals surface area contributed by atoms with E-state index in [1.54, 1.807) is 13.0 Å². The highest BCUT2D eigenvalue weighted by atomic mass is 35.5. The van der Waals surface area contributed by atoms with Gasteiger partial charge in [-0.3, -0.25) is 5.43 Å². The maximum absolute atomic E-state index is 12.4. The molecule has 0 aliphatic carbocycles. The molecule has 1 fully saturated rings. The summed E-state index contributed by atoms with van der Waals surface area (Å²) in [6, 6.07) is 17.8. The van der Waals surface area contributed by atoms with E-state index < -0.39 is 5.97 Å². The van der Waals surface area contributed by atoms with Gasteiger partial charge >= 0.3 is 5.97 Å². The maximum atomic E-state index is 12.4. The third-order valence-electron chi connectivity index (χ3n) is 4.68. The molecule has 0 radical (unpaired) electrons. The smallest absolute Gasteiger partial charge is 0.376 e. The van der Waals surface area contributed by atoms with Gasteiger partial charge in [-0.1, -0.05) is 54.1 Å².